The summed E-state index contributed by atoms with van der Waals surface area (Å²) in [5.74, 6) is 0. The smallest absolute Gasteiger partial charge is 0.137 e. The second-order valence-corrected chi connectivity index (χ2v) is 6.91. The average molecular weight is 356 g/mol. The number of imidazole rings is 1. The second-order valence-electron chi connectivity index (χ2n) is 5.56. The van der Waals surface area contributed by atoms with Crippen molar-refractivity contribution in [1.82, 2.24) is 14.4 Å². The molecule has 3 aromatic heterocycles. The monoisotopic (exact) mass is 355 g/mol. The SMILES string of the molecule is Cc1cc(-c2cn3cc(-c4csc(CO)n4)ccc3n2)ccc1Cl. The minimum Gasteiger partial charge on any atom is -0.389 e. The van der Waals surface area contributed by atoms with E-state index in [4.69, 9.17) is 16.7 Å². The molecule has 0 aliphatic heterocycles. The number of halogens is 1. The first-order valence-electron chi connectivity index (χ1n) is 7.45. The zero-order valence-electron chi connectivity index (χ0n) is 12.9. The summed E-state index contributed by atoms with van der Waals surface area (Å²) >= 11 is 7.56. The molecular formula is C18H14ClN3OS. The van der Waals surface area contributed by atoms with E-state index >= 15 is 0 Å². The van der Waals surface area contributed by atoms with Gasteiger partial charge in [-0.3, -0.25) is 0 Å². The van der Waals surface area contributed by atoms with Gasteiger partial charge in [-0.25, -0.2) is 9.97 Å². The molecule has 0 radical (unpaired) electrons. The van der Waals surface area contributed by atoms with Crippen LogP contribution in [0.3, 0.4) is 0 Å². The first-order chi connectivity index (χ1) is 11.6. The van der Waals surface area contributed by atoms with Gasteiger partial charge in [-0.05, 0) is 36.8 Å². The Balaban J connectivity index is 1.76. The van der Waals surface area contributed by atoms with Crippen LogP contribution >= 0.6 is 22.9 Å². The lowest BCUT2D eigenvalue weighted by Gasteiger charge is -2.00. The third kappa shape index (κ3) is 2.71. The number of aryl methyl sites for hydroxylation is 1. The van der Waals surface area contributed by atoms with Gasteiger partial charge in [0.1, 0.15) is 10.7 Å². The fraction of sp³-hybridized carbons (Fsp3) is 0.111. The number of aliphatic hydroxyl groups excluding tert-OH is 1. The van der Waals surface area contributed by atoms with Gasteiger partial charge in [0.15, 0.2) is 0 Å². The van der Waals surface area contributed by atoms with Crippen LogP contribution in [0.2, 0.25) is 5.02 Å². The van der Waals surface area contributed by atoms with Gasteiger partial charge in [-0.15, -0.1) is 11.3 Å². The van der Waals surface area contributed by atoms with Gasteiger partial charge in [0, 0.05) is 33.9 Å². The highest BCUT2D eigenvalue weighted by Gasteiger charge is 2.09. The van der Waals surface area contributed by atoms with Crippen LogP contribution in [0.5, 0.6) is 0 Å². The predicted octanol–water partition coefficient (Wildman–Crippen LogP) is 4.58. The normalized spacial score (nSPS) is 11.3. The number of pyridine rings is 1. The molecule has 0 bridgehead atoms. The molecule has 3 heterocycles. The summed E-state index contributed by atoms with van der Waals surface area (Å²) in [5.41, 5.74) is 5.71. The average Bonchev–Trinajstić information content (AvgIpc) is 3.22. The molecule has 4 rings (SSSR count). The number of nitrogens with zero attached hydrogens (tertiary/aromatic N) is 3. The fourth-order valence-electron chi connectivity index (χ4n) is 2.60. The van der Waals surface area contributed by atoms with E-state index in [2.05, 4.69) is 9.97 Å². The highest BCUT2D eigenvalue weighted by atomic mass is 35.5. The summed E-state index contributed by atoms with van der Waals surface area (Å²) in [7, 11) is 0. The Morgan fingerprint density at radius 1 is 1.08 bits per heavy atom. The second kappa shape index (κ2) is 6.02. The number of hydrogen-bond acceptors (Lipinski definition) is 4. The van der Waals surface area contributed by atoms with Crippen molar-refractivity contribution >= 4 is 28.6 Å². The molecule has 1 aromatic carbocycles. The maximum atomic E-state index is 9.16. The zero-order chi connectivity index (χ0) is 16.7. The summed E-state index contributed by atoms with van der Waals surface area (Å²) in [4.78, 5) is 9.08. The van der Waals surface area contributed by atoms with Crippen LogP contribution in [0.25, 0.3) is 28.2 Å². The van der Waals surface area contributed by atoms with E-state index in [1.807, 2.05) is 59.4 Å². The lowest BCUT2D eigenvalue weighted by atomic mass is 10.1. The third-order valence-electron chi connectivity index (χ3n) is 3.89. The Bertz CT molecular complexity index is 1040. The van der Waals surface area contributed by atoms with Gasteiger partial charge in [0.25, 0.3) is 0 Å². The van der Waals surface area contributed by atoms with Gasteiger partial charge in [0.2, 0.25) is 0 Å². The molecule has 6 heteroatoms. The molecule has 0 amide bonds. The third-order valence-corrected chi connectivity index (χ3v) is 5.15. The van der Waals surface area contributed by atoms with Gasteiger partial charge in [-0.2, -0.15) is 0 Å². The Morgan fingerprint density at radius 3 is 2.67 bits per heavy atom. The molecule has 0 saturated heterocycles. The van der Waals surface area contributed by atoms with E-state index in [1.165, 1.54) is 11.3 Å². The van der Waals surface area contributed by atoms with Crippen LogP contribution in [0, 0.1) is 6.92 Å². The van der Waals surface area contributed by atoms with Crippen LogP contribution in [-0.2, 0) is 6.61 Å². The maximum absolute atomic E-state index is 9.16. The summed E-state index contributed by atoms with van der Waals surface area (Å²) in [5, 5.41) is 12.6. The van der Waals surface area contributed by atoms with Crippen LogP contribution in [0.1, 0.15) is 10.6 Å². The van der Waals surface area contributed by atoms with Crippen molar-refractivity contribution < 1.29 is 5.11 Å². The molecule has 1 N–H and O–H groups in total. The van der Waals surface area contributed by atoms with E-state index in [1.54, 1.807) is 0 Å². The molecule has 0 spiro atoms. The zero-order valence-corrected chi connectivity index (χ0v) is 14.5. The van der Waals surface area contributed by atoms with Crippen molar-refractivity contribution in [3.63, 3.8) is 0 Å². The van der Waals surface area contributed by atoms with Crippen molar-refractivity contribution in [2.75, 3.05) is 0 Å². The molecule has 4 aromatic rings. The summed E-state index contributed by atoms with van der Waals surface area (Å²) in [6, 6.07) is 9.88. The number of thiazole rings is 1. The number of aliphatic hydroxyl groups is 1. The lowest BCUT2D eigenvalue weighted by Crippen LogP contribution is -1.86. The number of hydrogen-bond donors (Lipinski definition) is 1. The molecule has 0 atom stereocenters. The minimum atomic E-state index is -0.0297. The molecule has 0 unspecified atom stereocenters. The molecule has 0 saturated carbocycles. The molecule has 24 heavy (non-hydrogen) atoms. The van der Waals surface area contributed by atoms with Gasteiger partial charge >= 0.3 is 0 Å². The van der Waals surface area contributed by atoms with Gasteiger partial charge in [0.05, 0.1) is 18.0 Å². The van der Waals surface area contributed by atoms with Crippen molar-refractivity contribution in [2.24, 2.45) is 0 Å². The maximum Gasteiger partial charge on any atom is 0.137 e. The van der Waals surface area contributed by atoms with E-state index in [0.29, 0.717) is 5.01 Å². The topological polar surface area (TPSA) is 50.4 Å². The quantitative estimate of drug-likeness (QED) is 0.585. The Hall–Kier alpha value is -2.21. The van der Waals surface area contributed by atoms with Gasteiger partial charge < -0.3 is 9.51 Å². The number of fused-ring (bicyclic) bond motifs is 1. The standard InChI is InChI=1S/C18H14ClN3OS/c1-11-6-12(2-4-14(11)19)15-8-22-7-13(3-5-17(22)20-15)16-10-24-18(9-23)21-16/h2-8,10,23H,9H2,1H3. The Labute approximate surface area is 148 Å². The Kier molecular flexibility index (Phi) is 3.84. The number of aromatic nitrogens is 3. The van der Waals surface area contributed by atoms with Crippen LogP contribution < -0.4 is 0 Å². The van der Waals surface area contributed by atoms with Crippen LogP contribution in [0.15, 0.2) is 48.1 Å². The highest BCUT2D eigenvalue weighted by Crippen LogP contribution is 2.26. The van der Waals surface area contributed by atoms with Crippen LogP contribution in [0.4, 0.5) is 0 Å². The van der Waals surface area contributed by atoms with Crippen molar-refractivity contribution in [3.8, 4) is 22.5 Å². The largest absolute Gasteiger partial charge is 0.389 e. The molecule has 0 aliphatic carbocycles. The van der Waals surface area contributed by atoms with E-state index in [9.17, 15) is 0 Å². The van der Waals surface area contributed by atoms with Crippen molar-refractivity contribution in [2.45, 2.75) is 13.5 Å². The fourth-order valence-corrected chi connectivity index (χ4v) is 3.38. The number of rotatable bonds is 3. The number of benzene rings is 1. The van der Waals surface area contributed by atoms with E-state index in [-0.39, 0.29) is 6.61 Å². The van der Waals surface area contributed by atoms with E-state index < -0.39 is 0 Å². The van der Waals surface area contributed by atoms with Crippen molar-refractivity contribution in [1.29, 1.82) is 0 Å². The highest BCUT2D eigenvalue weighted by molar-refractivity contribution is 7.09. The summed E-state index contributed by atoms with van der Waals surface area (Å²) in [6.45, 7) is 1.96. The predicted molar refractivity (Wildman–Crippen MR) is 97.4 cm³/mol. The molecule has 4 nitrogen and oxygen atoms in total. The van der Waals surface area contributed by atoms with Crippen molar-refractivity contribution in [3.05, 3.63) is 63.7 Å². The van der Waals surface area contributed by atoms with E-state index in [0.717, 1.165) is 38.7 Å². The first kappa shape index (κ1) is 15.3. The summed E-state index contributed by atoms with van der Waals surface area (Å²) in [6.07, 6.45) is 4.01. The lowest BCUT2D eigenvalue weighted by molar-refractivity contribution is 0.281. The molecule has 120 valence electrons. The molecule has 0 aliphatic rings. The molecular weight excluding hydrogens is 342 g/mol. The summed E-state index contributed by atoms with van der Waals surface area (Å²) < 4.78 is 1.99. The minimum absolute atomic E-state index is 0.0297. The van der Waals surface area contributed by atoms with Gasteiger partial charge in [-0.1, -0.05) is 17.7 Å². The molecule has 0 fully saturated rings. The first-order valence-corrected chi connectivity index (χ1v) is 8.71. The van der Waals surface area contributed by atoms with Crippen LogP contribution in [-0.4, -0.2) is 19.5 Å². The Morgan fingerprint density at radius 2 is 1.92 bits per heavy atom.